The summed E-state index contributed by atoms with van der Waals surface area (Å²) in [4.78, 5) is 47.6. The van der Waals surface area contributed by atoms with Gasteiger partial charge in [0.25, 0.3) is 11.9 Å². The zero-order valence-electron chi connectivity index (χ0n) is 24.3. The number of hydrogen-bond donors (Lipinski definition) is 3. The average Bonchev–Trinajstić information content (AvgIpc) is 3.73. The number of azo groups is 2. The summed E-state index contributed by atoms with van der Waals surface area (Å²) in [5.41, 5.74) is 19.7. The largest absolute Gasteiger partial charge is 0.465 e. The first-order chi connectivity index (χ1) is 21.4. The Morgan fingerprint density at radius 3 is 1.71 bits per heavy atom. The molecule has 0 aromatic carbocycles. The Hall–Kier alpha value is -6.74. The highest BCUT2D eigenvalue weighted by Crippen LogP contribution is 2.33. The maximum atomic E-state index is 12.1. The monoisotopic (exact) mass is 616 g/mol. The van der Waals surface area contributed by atoms with E-state index in [1.165, 1.54) is 35.9 Å². The Morgan fingerprint density at radius 2 is 1.24 bits per heavy atom. The summed E-state index contributed by atoms with van der Waals surface area (Å²) in [5, 5.41) is 33.1. The van der Waals surface area contributed by atoms with E-state index in [1.807, 2.05) is 0 Å². The molecule has 0 saturated carbocycles. The number of methoxy groups -OCH3 is 1. The van der Waals surface area contributed by atoms with Crippen molar-refractivity contribution in [3.05, 3.63) is 34.9 Å². The van der Waals surface area contributed by atoms with Crippen molar-refractivity contribution < 1.29 is 19.1 Å². The molecule has 0 amide bonds. The van der Waals surface area contributed by atoms with Gasteiger partial charge in [0, 0.05) is 14.1 Å². The number of carbonyl (C=O) groups excluding carboxylic acids is 3. The van der Waals surface area contributed by atoms with Crippen LogP contribution in [0, 0.1) is 13.8 Å². The number of esters is 1. The fourth-order valence-electron chi connectivity index (χ4n) is 3.97. The standard InChI is InChI=1S/C23H24N18O4/c1-9-14(32-34-18-11(13(43)8-42)6-27-38(18)3)16(24)40(36-9)22-29-21(26)30-23(31-22)41-17(25)15(10(2)37-41)33-35-19-12(20(44)45-5)7-28-39(19)4/h6-8H,24-25H2,1-5H3,(H2,26,29,30,31)/b34-32+,35-33+. The van der Waals surface area contributed by atoms with Gasteiger partial charge in [-0.2, -0.15) is 44.7 Å². The van der Waals surface area contributed by atoms with E-state index in [0.29, 0.717) is 11.4 Å². The number of carbonyl (C=O) groups is 3. The molecule has 5 aromatic rings. The summed E-state index contributed by atoms with van der Waals surface area (Å²) in [7, 11) is 4.34. The Morgan fingerprint density at radius 1 is 0.778 bits per heavy atom. The topological polar surface area (TPSA) is 298 Å². The molecule has 0 saturated heterocycles. The molecule has 0 atom stereocenters. The number of aldehydes is 1. The Balaban J connectivity index is 1.50. The molecule has 0 spiro atoms. The van der Waals surface area contributed by atoms with Crippen LogP contribution in [0.25, 0.3) is 11.9 Å². The third kappa shape index (κ3) is 5.33. The first-order valence-electron chi connectivity index (χ1n) is 12.6. The van der Waals surface area contributed by atoms with Crippen LogP contribution in [0.2, 0.25) is 0 Å². The van der Waals surface area contributed by atoms with Gasteiger partial charge < -0.3 is 21.9 Å². The number of nitrogen functional groups attached to an aromatic ring is 3. The normalized spacial score (nSPS) is 11.6. The summed E-state index contributed by atoms with van der Waals surface area (Å²) in [6, 6.07) is 0. The molecule has 0 aliphatic rings. The maximum absolute atomic E-state index is 12.1. The van der Waals surface area contributed by atoms with Gasteiger partial charge in [-0.3, -0.25) is 9.59 Å². The average molecular weight is 617 g/mol. The number of rotatable bonds is 9. The van der Waals surface area contributed by atoms with Crippen LogP contribution < -0.4 is 17.2 Å². The van der Waals surface area contributed by atoms with Gasteiger partial charge in [0.15, 0.2) is 40.9 Å². The second-order valence-electron chi connectivity index (χ2n) is 9.14. The molecular weight excluding hydrogens is 592 g/mol. The van der Waals surface area contributed by atoms with Crippen molar-refractivity contribution in [2.45, 2.75) is 13.8 Å². The minimum absolute atomic E-state index is 0.00875. The summed E-state index contributed by atoms with van der Waals surface area (Å²) < 4.78 is 9.68. The minimum Gasteiger partial charge on any atom is -0.465 e. The predicted molar refractivity (Wildman–Crippen MR) is 153 cm³/mol. The van der Waals surface area contributed by atoms with Crippen LogP contribution in [0.15, 0.2) is 32.9 Å². The van der Waals surface area contributed by atoms with Crippen LogP contribution in [0.5, 0.6) is 0 Å². The maximum Gasteiger partial charge on any atom is 0.343 e. The Labute approximate surface area is 251 Å². The molecule has 0 unspecified atom stereocenters. The van der Waals surface area contributed by atoms with Gasteiger partial charge in [-0.15, -0.1) is 20.5 Å². The van der Waals surface area contributed by atoms with Gasteiger partial charge in [0.1, 0.15) is 5.56 Å². The van der Waals surface area contributed by atoms with Crippen molar-refractivity contribution in [1.82, 2.24) is 54.1 Å². The Kier molecular flexibility index (Phi) is 7.60. The molecule has 5 heterocycles. The van der Waals surface area contributed by atoms with E-state index in [1.54, 1.807) is 20.9 Å². The molecule has 45 heavy (non-hydrogen) atoms. The molecule has 0 aliphatic heterocycles. The van der Waals surface area contributed by atoms with Crippen LogP contribution >= 0.6 is 0 Å². The van der Waals surface area contributed by atoms with Gasteiger partial charge in [0.2, 0.25) is 11.7 Å². The summed E-state index contributed by atoms with van der Waals surface area (Å²) in [5.74, 6) is -1.75. The van der Waals surface area contributed by atoms with E-state index < -0.39 is 11.8 Å². The van der Waals surface area contributed by atoms with E-state index in [4.69, 9.17) is 21.9 Å². The van der Waals surface area contributed by atoms with E-state index in [2.05, 4.69) is 55.8 Å². The number of hydrogen-bond acceptors (Lipinski definition) is 18. The molecule has 5 aromatic heterocycles. The zero-order chi connectivity index (χ0) is 32.6. The second-order valence-corrected chi connectivity index (χ2v) is 9.14. The smallest absolute Gasteiger partial charge is 0.343 e. The van der Waals surface area contributed by atoms with Crippen molar-refractivity contribution in [2.75, 3.05) is 24.3 Å². The number of aromatic nitrogens is 11. The number of Topliss-reactive ketones (excluding diaryl/α,β-unsaturated/α-hetero) is 1. The van der Waals surface area contributed by atoms with Crippen LogP contribution in [0.3, 0.4) is 0 Å². The van der Waals surface area contributed by atoms with E-state index in [0.717, 1.165) is 9.36 Å². The first-order valence-corrected chi connectivity index (χ1v) is 12.6. The lowest BCUT2D eigenvalue weighted by Gasteiger charge is -2.07. The van der Waals surface area contributed by atoms with Crippen LogP contribution in [-0.4, -0.2) is 79.2 Å². The highest BCUT2D eigenvalue weighted by Gasteiger charge is 2.22. The zero-order valence-corrected chi connectivity index (χ0v) is 24.3. The highest BCUT2D eigenvalue weighted by atomic mass is 16.5. The molecule has 0 bridgehead atoms. The lowest BCUT2D eigenvalue weighted by molar-refractivity contribution is -0.104. The van der Waals surface area contributed by atoms with Crippen molar-refractivity contribution in [1.29, 1.82) is 0 Å². The van der Waals surface area contributed by atoms with Crippen molar-refractivity contribution in [3.8, 4) is 11.9 Å². The second kappa shape index (κ2) is 11.5. The highest BCUT2D eigenvalue weighted by molar-refractivity contribution is 6.34. The molecule has 22 heteroatoms. The summed E-state index contributed by atoms with van der Waals surface area (Å²) in [6.07, 6.45) is 2.65. The molecule has 0 radical (unpaired) electrons. The Bertz CT molecular complexity index is 2040. The molecule has 5 rings (SSSR count). The van der Waals surface area contributed by atoms with Crippen molar-refractivity contribution in [3.63, 3.8) is 0 Å². The molecule has 0 aliphatic carbocycles. The lowest BCUT2D eigenvalue weighted by Crippen LogP contribution is -2.15. The van der Waals surface area contributed by atoms with Crippen LogP contribution in [0.4, 0.5) is 40.6 Å². The fraction of sp³-hybridized carbons (Fsp3) is 0.217. The summed E-state index contributed by atoms with van der Waals surface area (Å²) in [6.45, 7) is 3.23. The van der Waals surface area contributed by atoms with Gasteiger partial charge >= 0.3 is 5.97 Å². The van der Waals surface area contributed by atoms with Crippen molar-refractivity contribution >= 4 is 58.6 Å². The van der Waals surface area contributed by atoms with Gasteiger partial charge in [-0.1, -0.05) is 0 Å². The fourth-order valence-corrected chi connectivity index (χ4v) is 3.97. The van der Waals surface area contributed by atoms with Gasteiger partial charge in [-0.05, 0) is 13.8 Å². The number of anilines is 3. The number of ether oxygens (including phenoxy) is 1. The third-order valence-electron chi connectivity index (χ3n) is 6.22. The van der Waals surface area contributed by atoms with Gasteiger partial charge in [-0.25, -0.2) is 14.2 Å². The number of aryl methyl sites for hydroxylation is 4. The predicted octanol–water partition coefficient (Wildman–Crippen LogP) is 1.07. The first kappa shape index (κ1) is 29.7. The quantitative estimate of drug-likeness (QED) is 0.0686. The number of ketones is 1. The molecular formula is C23H24N18O4. The molecule has 22 nitrogen and oxygen atoms in total. The molecule has 0 fully saturated rings. The van der Waals surface area contributed by atoms with E-state index in [-0.39, 0.29) is 69.9 Å². The van der Waals surface area contributed by atoms with Gasteiger partial charge in [0.05, 0.1) is 36.5 Å². The van der Waals surface area contributed by atoms with Crippen LogP contribution in [-0.2, 0) is 23.6 Å². The number of nitrogens with two attached hydrogens (primary N) is 3. The summed E-state index contributed by atoms with van der Waals surface area (Å²) >= 11 is 0. The third-order valence-corrected chi connectivity index (χ3v) is 6.22. The van der Waals surface area contributed by atoms with E-state index >= 15 is 0 Å². The van der Waals surface area contributed by atoms with Crippen molar-refractivity contribution in [2.24, 2.45) is 34.6 Å². The SMILES string of the molecule is COC(=O)c1cnn(C)c1/N=N/c1c(C)nn(-c2nc(N)nc(-n3nc(C)c(/N=N/c4c(C(=O)C=O)cnn4C)c3N)n2)c1N. The van der Waals surface area contributed by atoms with E-state index in [9.17, 15) is 14.4 Å². The molecule has 6 N–H and O–H groups in total. The van der Waals surface area contributed by atoms with Crippen LogP contribution in [0.1, 0.15) is 32.1 Å². The lowest BCUT2D eigenvalue weighted by atomic mass is 10.2. The molecule has 230 valence electrons. The minimum atomic E-state index is -0.814. The number of nitrogens with zero attached hydrogens (tertiary/aromatic N) is 15.